The minimum absolute atomic E-state index is 0.0984. The SMILES string of the molecule is c1ccc(N2c3ccccc3B3c4c2cccc4N(c2ccccc2)c2cc4c5c6c(ccc5n5c7c8c(ccc7c(c23)c45)B2c3ccccc3N(c3ccccc3)c3cccc(c32)N8c2ccccc2)B2c3ccccc3N(c3ccccc3)c3cccc(c32)N6c2ccccc2)cc1. The van der Waals surface area contributed by atoms with E-state index in [1.165, 1.54) is 150 Å². The molecule has 0 aliphatic carbocycles. The lowest BCUT2D eigenvalue weighted by Gasteiger charge is -2.45. The highest BCUT2D eigenvalue weighted by atomic mass is 15.2. The van der Waals surface area contributed by atoms with Gasteiger partial charge in [-0.1, -0.05) is 200 Å². The molecule has 0 saturated carbocycles. The number of rotatable bonds is 6. The molecule has 460 valence electrons. The molecule has 6 aliphatic heterocycles. The van der Waals surface area contributed by atoms with Crippen LogP contribution >= 0.6 is 0 Å². The molecule has 0 atom stereocenters. The minimum Gasteiger partial charge on any atom is -0.311 e. The molecule has 0 spiro atoms. The first-order chi connectivity index (χ1) is 49.7. The fraction of sp³-hybridized carbons (Fsp3) is 0. The van der Waals surface area contributed by atoms with Gasteiger partial charge in [0.25, 0.3) is 20.1 Å². The number of fused-ring (bicyclic) bond motifs is 21. The summed E-state index contributed by atoms with van der Waals surface area (Å²) in [5.41, 5.74) is 36.1. The Kier molecular flexibility index (Phi) is 11.0. The smallest absolute Gasteiger partial charge is 0.253 e. The van der Waals surface area contributed by atoms with Gasteiger partial charge in [0.15, 0.2) is 0 Å². The molecule has 15 aromatic carbocycles. The Balaban J connectivity index is 0.914. The first kappa shape index (κ1) is 54.2. The van der Waals surface area contributed by atoms with E-state index in [1.54, 1.807) is 0 Å². The maximum absolute atomic E-state index is 2.75. The largest absolute Gasteiger partial charge is 0.311 e. The molecule has 0 N–H and O–H groups in total. The molecule has 7 nitrogen and oxygen atoms in total. The maximum Gasteiger partial charge on any atom is 0.253 e. The molecule has 0 bridgehead atoms. The van der Waals surface area contributed by atoms with Crippen molar-refractivity contribution >= 4 is 210 Å². The molecule has 6 aliphatic rings. The van der Waals surface area contributed by atoms with Gasteiger partial charge in [-0.2, -0.15) is 0 Å². The molecule has 100 heavy (non-hydrogen) atoms. The second kappa shape index (κ2) is 20.3. The predicted molar refractivity (Wildman–Crippen MR) is 423 cm³/mol. The van der Waals surface area contributed by atoms with Crippen LogP contribution in [0.2, 0.25) is 0 Å². The monoisotopic (exact) mass is 1270 g/mol. The second-order valence-corrected chi connectivity index (χ2v) is 27.3. The summed E-state index contributed by atoms with van der Waals surface area (Å²) in [4.78, 5) is 15.4. The van der Waals surface area contributed by atoms with Gasteiger partial charge in [-0.05, 0) is 189 Å². The summed E-state index contributed by atoms with van der Waals surface area (Å²) < 4.78 is 2.75. The van der Waals surface area contributed by atoms with Gasteiger partial charge in [0.05, 0.1) is 27.9 Å². The lowest BCUT2D eigenvalue weighted by atomic mass is 9.32. The number of hydrogen-bond acceptors (Lipinski definition) is 6. The molecule has 0 saturated heterocycles. The van der Waals surface area contributed by atoms with Gasteiger partial charge >= 0.3 is 0 Å². The van der Waals surface area contributed by atoms with Crippen molar-refractivity contribution in [3.8, 4) is 0 Å². The van der Waals surface area contributed by atoms with Crippen molar-refractivity contribution in [2.75, 3.05) is 29.4 Å². The third-order valence-electron chi connectivity index (χ3n) is 22.6. The Labute approximate surface area is 579 Å². The van der Waals surface area contributed by atoms with Crippen LogP contribution in [0.15, 0.2) is 340 Å². The zero-order chi connectivity index (χ0) is 65.0. The first-order valence-electron chi connectivity index (χ1n) is 34.9. The Morgan fingerprint density at radius 3 is 0.940 bits per heavy atom. The van der Waals surface area contributed by atoms with E-state index in [2.05, 4.69) is 374 Å². The average molecular weight is 1270 g/mol. The number of benzene rings is 15. The molecular formula is C90H56B3N7. The highest BCUT2D eigenvalue weighted by Gasteiger charge is 2.50. The van der Waals surface area contributed by atoms with Crippen LogP contribution in [0.25, 0.3) is 38.1 Å². The molecule has 10 heteroatoms. The summed E-state index contributed by atoms with van der Waals surface area (Å²) in [5, 5.41) is 4.92. The lowest BCUT2D eigenvalue weighted by molar-refractivity contribution is 1.25. The molecule has 0 fully saturated rings. The topological polar surface area (TPSA) is 23.9 Å². The molecule has 0 amide bonds. The molecule has 23 rings (SSSR count). The summed E-state index contributed by atoms with van der Waals surface area (Å²) in [6, 6.07) is 128. The Morgan fingerprint density at radius 2 is 0.510 bits per heavy atom. The van der Waals surface area contributed by atoms with Crippen LogP contribution in [0.4, 0.5) is 102 Å². The van der Waals surface area contributed by atoms with Gasteiger partial charge in [0.1, 0.15) is 0 Å². The highest BCUT2D eigenvalue weighted by Crippen LogP contribution is 2.55. The normalized spacial score (nSPS) is 14.0. The number of hydrogen-bond donors (Lipinski definition) is 0. The molecule has 2 aromatic heterocycles. The minimum atomic E-state index is -0.167. The van der Waals surface area contributed by atoms with Gasteiger partial charge in [-0.3, -0.25) is 0 Å². The molecule has 17 aromatic rings. The van der Waals surface area contributed by atoms with Crippen LogP contribution in [-0.2, 0) is 0 Å². The van der Waals surface area contributed by atoms with Gasteiger partial charge in [0.2, 0.25) is 0 Å². The van der Waals surface area contributed by atoms with Crippen LogP contribution in [-0.4, -0.2) is 24.5 Å². The Bertz CT molecular complexity index is 6290. The van der Waals surface area contributed by atoms with Crippen molar-refractivity contribution in [2.24, 2.45) is 0 Å². The fourth-order valence-electron chi connectivity index (χ4n) is 19.0. The van der Waals surface area contributed by atoms with Crippen molar-refractivity contribution in [1.82, 2.24) is 4.40 Å². The van der Waals surface area contributed by atoms with E-state index in [0.717, 1.165) is 39.6 Å². The van der Waals surface area contributed by atoms with Gasteiger partial charge in [-0.15, -0.1) is 0 Å². The van der Waals surface area contributed by atoms with Crippen molar-refractivity contribution in [3.05, 3.63) is 340 Å². The van der Waals surface area contributed by atoms with E-state index in [1.807, 2.05) is 0 Å². The van der Waals surface area contributed by atoms with Crippen molar-refractivity contribution in [2.45, 2.75) is 0 Å². The van der Waals surface area contributed by atoms with Crippen molar-refractivity contribution < 1.29 is 0 Å². The van der Waals surface area contributed by atoms with Gasteiger partial charge in [-0.25, -0.2) is 0 Å². The Hall–Kier alpha value is -12.9. The third-order valence-corrected chi connectivity index (χ3v) is 22.6. The predicted octanol–water partition coefficient (Wildman–Crippen LogP) is 17.1. The van der Waals surface area contributed by atoms with Crippen LogP contribution < -0.4 is 78.6 Å². The van der Waals surface area contributed by atoms with Crippen LogP contribution in [0.5, 0.6) is 0 Å². The van der Waals surface area contributed by atoms with Crippen LogP contribution in [0, 0.1) is 0 Å². The van der Waals surface area contributed by atoms with Crippen LogP contribution in [0.1, 0.15) is 0 Å². The third kappa shape index (κ3) is 7.05. The number of para-hydroxylation sites is 9. The van der Waals surface area contributed by atoms with E-state index in [0.29, 0.717) is 0 Å². The zero-order valence-corrected chi connectivity index (χ0v) is 54.2. The lowest BCUT2D eigenvalue weighted by Crippen LogP contribution is -2.61. The Morgan fingerprint density at radius 1 is 0.190 bits per heavy atom. The van der Waals surface area contributed by atoms with E-state index >= 15 is 0 Å². The van der Waals surface area contributed by atoms with E-state index < -0.39 is 0 Å². The van der Waals surface area contributed by atoms with Crippen LogP contribution in [0.3, 0.4) is 0 Å². The number of aromatic nitrogens is 1. The maximum atomic E-state index is 2.75. The number of nitrogens with zero attached hydrogens (tertiary/aromatic N) is 7. The van der Waals surface area contributed by atoms with Gasteiger partial charge < -0.3 is 33.8 Å². The average Bonchev–Trinajstić information content (AvgIpc) is 1.44. The second-order valence-electron chi connectivity index (χ2n) is 27.3. The summed E-state index contributed by atoms with van der Waals surface area (Å²) in [6.45, 7) is -0.374. The van der Waals surface area contributed by atoms with Gasteiger partial charge in [0, 0.05) is 113 Å². The number of anilines is 18. The molecule has 8 heterocycles. The first-order valence-corrected chi connectivity index (χ1v) is 34.9. The fourth-order valence-corrected chi connectivity index (χ4v) is 19.0. The quantitative estimate of drug-likeness (QED) is 0.154. The van der Waals surface area contributed by atoms with Crippen molar-refractivity contribution in [1.29, 1.82) is 0 Å². The molecular weight excluding hydrogens is 1210 g/mol. The van der Waals surface area contributed by atoms with Crippen molar-refractivity contribution in [3.63, 3.8) is 0 Å². The van der Waals surface area contributed by atoms with E-state index in [9.17, 15) is 0 Å². The molecule has 0 unspecified atom stereocenters. The van der Waals surface area contributed by atoms with E-state index in [4.69, 9.17) is 0 Å². The summed E-state index contributed by atoms with van der Waals surface area (Å²) in [6.07, 6.45) is 0. The summed E-state index contributed by atoms with van der Waals surface area (Å²) in [7, 11) is 0. The summed E-state index contributed by atoms with van der Waals surface area (Å²) in [5.74, 6) is 0. The van der Waals surface area contributed by atoms with E-state index in [-0.39, 0.29) is 20.1 Å². The zero-order valence-electron chi connectivity index (χ0n) is 54.2. The summed E-state index contributed by atoms with van der Waals surface area (Å²) >= 11 is 0. The highest BCUT2D eigenvalue weighted by molar-refractivity contribution is 7.03. The standard InChI is InChI=1S/C90H56B3N7/c1-7-28-57(29-8-1)94-70-43-22-19-40-65(70)91-68-54-55-73-81(89(68)98(61-36-15-5-16-37-61)78-50-26-46-74(94)83(78)91)64-56-80-86(93-67-42-21-24-45-72(67)96(59-32-11-3-12-33-59)76-48-25-49-77(85(76)93)97(80)60-34-13-4-14-35-60)82-63-52-53-69-90(88(63)100(73)87(64)82)99(62-38-17-6-18-39-62)79-51-27-47-75-84(79)92(69)66-41-20-23-44-71(66)95(75)58-30-9-2-10-31-58/h1-56H. The molecule has 0 radical (unpaired) electrons.